The van der Waals surface area contributed by atoms with Gasteiger partial charge >= 0.3 is 0 Å². The van der Waals surface area contributed by atoms with Crippen molar-refractivity contribution < 1.29 is 14.3 Å². The summed E-state index contributed by atoms with van der Waals surface area (Å²) in [7, 11) is 0. The number of nitrogens with zero attached hydrogens (tertiary/aromatic N) is 3. The SMILES string of the molecule is CCOc1ccc(CNC(=O)C2CCN(c3ccnc(-c4cccc(C)c4)n3)CC2)cc1OCC. The lowest BCUT2D eigenvalue weighted by atomic mass is 9.96. The lowest BCUT2D eigenvalue weighted by Gasteiger charge is -2.32. The fraction of sp³-hybridized carbons (Fsp3) is 0.393. The van der Waals surface area contributed by atoms with E-state index in [9.17, 15) is 4.79 Å². The highest BCUT2D eigenvalue weighted by Crippen LogP contribution is 2.29. The van der Waals surface area contributed by atoms with Crippen LogP contribution in [0.25, 0.3) is 11.4 Å². The van der Waals surface area contributed by atoms with Crippen molar-refractivity contribution in [1.82, 2.24) is 15.3 Å². The molecule has 0 spiro atoms. The van der Waals surface area contributed by atoms with Crippen LogP contribution in [0.2, 0.25) is 0 Å². The molecule has 7 nitrogen and oxygen atoms in total. The summed E-state index contributed by atoms with van der Waals surface area (Å²) in [4.78, 5) is 24.3. The van der Waals surface area contributed by atoms with Crippen LogP contribution in [0.4, 0.5) is 5.82 Å². The third-order valence-corrected chi connectivity index (χ3v) is 6.18. The highest BCUT2D eigenvalue weighted by Gasteiger charge is 2.25. The van der Waals surface area contributed by atoms with E-state index in [2.05, 4.69) is 34.3 Å². The molecule has 7 heteroatoms. The fourth-order valence-electron chi connectivity index (χ4n) is 4.36. The average molecular weight is 475 g/mol. The Morgan fingerprint density at radius 3 is 2.54 bits per heavy atom. The number of aromatic nitrogens is 2. The minimum Gasteiger partial charge on any atom is -0.490 e. The molecule has 1 aliphatic rings. The van der Waals surface area contributed by atoms with Crippen LogP contribution in [0, 0.1) is 12.8 Å². The minimum absolute atomic E-state index is 0.00149. The van der Waals surface area contributed by atoms with Crippen LogP contribution in [0.15, 0.2) is 54.7 Å². The first-order valence-corrected chi connectivity index (χ1v) is 12.4. The summed E-state index contributed by atoms with van der Waals surface area (Å²) in [6, 6.07) is 16.0. The number of aryl methyl sites for hydroxylation is 1. The number of rotatable bonds is 9. The molecule has 4 rings (SSSR count). The van der Waals surface area contributed by atoms with E-state index in [1.165, 1.54) is 5.56 Å². The molecule has 1 saturated heterocycles. The Morgan fingerprint density at radius 2 is 1.80 bits per heavy atom. The Morgan fingerprint density at radius 1 is 1.03 bits per heavy atom. The van der Waals surface area contributed by atoms with Gasteiger partial charge in [-0.05, 0) is 63.4 Å². The Bertz CT molecular complexity index is 1140. The summed E-state index contributed by atoms with van der Waals surface area (Å²) >= 11 is 0. The largest absolute Gasteiger partial charge is 0.490 e. The molecule has 1 fully saturated rings. The highest BCUT2D eigenvalue weighted by molar-refractivity contribution is 5.79. The third-order valence-electron chi connectivity index (χ3n) is 6.18. The predicted molar refractivity (Wildman–Crippen MR) is 138 cm³/mol. The summed E-state index contributed by atoms with van der Waals surface area (Å²) in [6.07, 6.45) is 3.40. The zero-order chi connectivity index (χ0) is 24.6. The molecule has 35 heavy (non-hydrogen) atoms. The van der Waals surface area contributed by atoms with E-state index >= 15 is 0 Å². The van der Waals surface area contributed by atoms with Crippen LogP contribution in [0.3, 0.4) is 0 Å². The van der Waals surface area contributed by atoms with E-state index in [1.54, 1.807) is 0 Å². The molecule has 2 heterocycles. The molecule has 0 bridgehead atoms. The summed E-state index contributed by atoms with van der Waals surface area (Å²) < 4.78 is 11.3. The molecule has 2 aromatic carbocycles. The molecule has 1 aliphatic heterocycles. The van der Waals surface area contributed by atoms with Gasteiger partial charge in [0.25, 0.3) is 0 Å². The number of hydrogen-bond acceptors (Lipinski definition) is 6. The Hall–Kier alpha value is -3.61. The van der Waals surface area contributed by atoms with E-state index in [0.717, 1.165) is 54.4 Å². The number of ether oxygens (including phenoxy) is 2. The van der Waals surface area contributed by atoms with Crippen molar-refractivity contribution in [2.75, 3.05) is 31.2 Å². The van der Waals surface area contributed by atoms with Crippen LogP contribution in [0.1, 0.15) is 37.8 Å². The van der Waals surface area contributed by atoms with Crippen molar-refractivity contribution in [2.45, 2.75) is 40.2 Å². The van der Waals surface area contributed by atoms with Gasteiger partial charge in [-0.25, -0.2) is 9.97 Å². The second-order valence-electron chi connectivity index (χ2n) is 8.73. The molecule has 1 N–H and O–H groups in total. The lowest BCUT2D eigenvalue weighted by molar-refractivity contribution is -0.125. The van der Waals surface area contributed by atoms with Crippen molar-refractivity contribution in [1.29, 1.82) is 0 Å². The van der Waals surface area contributed by atoms with Gasteiger partial charge in [-0.3, -0.25) is 4.79 Å². The number of hydrogen-bond donors (Lipinski definition) is 1. The second-order valence-corrected chi connectivity index (χ2v) is 8.73. The molecule has 0 aliphatic carbocycles. The predicted octanol–water partition coefficient (Wildman–Crippen LogP) is 4.78. The van der Waals surface area contributed by atoms with E-state index < -0.39 is 0 Å². The Kier molecular flexibility index (Phi) is 8.19. The van der Waals surface area contributed by atoms with E-state index in [4.69, 9.17) is 14.5 Å². The van der Waals surface area contributed by atoms with Gasteiger partial charge in [0.05, 0.1) is 13.2 Å². The maximum atomic E-state index is 12.9. The van der Waals surface area contributed by atoms with Crippen molar-refractivity contribution in [3.8, 4) is 22.9 Å². The number of benzene rings is 2. The van der Waals surface area contributed by atoms with Crippen LogP contribution in [-0.4, -0.2) is 42.2 Å². The van der Waals surface area contributed by atoms with Crippen LogP contribution >= 0.6 is 0 Å². The van der Waals surface area contributed by atoms with Gasteiger partial charge in [0.1, 0.15) is 5.82 Å². The van der Waals surface area contributed by atoms with Gasteiger partial charge in [-0.1, -0.05) is 29.8 Å². The molecular weight excluding hydrogens is 440 g/mol. The van der Waals surface area contributed by atoms with Crippen LogP contribution < -0.4 is 19.7 Å². The van der Waals surface area contributed by atoms with Gasteiger partial charge in [-0.2, -0.15) is 0 Å². The molecule has 184 valence electrons. The maximum absolute atomic E-state index is 12.9. The zero-order valence-corrected chi connectivity index (χ0v) is 20.8. The van der Waals surface area contributed by atoms with E-state index in [0.29, 0.717) is 25.5 Å². The smallest absolute Gasteiger partial charge is 0.223 e. The zero-order valence-electron chi connectivity index (χ0n) is 20.8. The van der Waals surface area contributed by atoms with Gasteiger partial charge in [0.15, 0.2) is 17.3 Å². The van der Waals surface area contributed by atoms with Crippen LogP contribution in [-0.2, 0) is 11.3 Å². The molecule has 0 saturated carbocycles. The fourth-order valence-corrected chi connectivity index (χ4v) is 4.36. The molecule has 1 amide bonds. The first kappa shape index (κ1) is 24.5. The van der Waals surface area contributed by atoms with Crippen molar-refractivity contribution >= 4 is 11.7 Å². The quantitative estimate of drug-likeness (QED) is 0.481. The van der Waals surface area contributed by atoms with E-state index in [-0.39, 0.29) is 11.8 Å². The molecule has 0 atom stereocenters. The summed E-state index contributed by atoms with van der Waals surface area (Å²) in [5.74, 6) is 3.18. The molecule has 0 unspecified atom stereocenters. The number of nitrogens with one attached hydrogen (secondary N) is 1. The number of anilines is 1. The Balaban J connectivity index is 1.32. The average Bonchev–Trinajstić information content (AvgIpc) is 2.89. The first-order valence-electron chi connectivity index (χ1n) is 12.4. The first-order chi connectivity index (χ1) is 17.1. The standard InChI is InChI=1S/C28H34N4O3/c1-4-34-24-10-9-21(18-25(24)35-5-2)19-30-28(33)22-12-15-32(16-13-22)26-11-14-29-27(31-26)23-8-6-7-20(3)17-23/h6-11,14,17-18,22H,4-5,12-13,15-16,19H2,1-3H3,(H,30,33). The van der Waals surface area contributed by atoms with Crippen molar-refractivity contribution in [3.05, 3.63) is 65.9 Å². The molecule has 3 aromatic rings. The monoisotopic (exact) mass is 474 g/mol. The summed E-state index contributed by atoms with van der Waals surface area (Å²) in [6.45, 7) is 9.16. The summed E-state index contributed by atoms with van der Waals surface area (Å²) in [5, 5.41) is 3.10. The van der Waals surface area contributed by atoms with Gasteiger partial charge in [0.2, 0.25) is 5.91 Å². The third kappa shape index (κ3) is 6.29. The Labute approximate surface area is 207 Å². The number of carbonyl (C=O) groups is 1. The van der Waals surface area contributed by atoms with Gasteiger partial charge in [-0.15, -0.1) is 0 Å². The second kappa shape index (κ2) is 11.7. The van der Waals surface area contributed by atoms with Crippen molar-refractivity contribution in [2.24, 2.45) is 5.92 Å². The summed E-state index contributed by atoms with van der Waals surface area (Å²) in [5.41, 5.74) is 3.19. The maximum Gasteiger partial charge on any atom is 0.223 e. The van der Waals surface area contributed by atoms with Crippen LogP contribution in [0.5, 0.6) is 11.5 Å². The minimum atomic E-state index is -0.00149. The topological polar surface area (TPSA) is 76.6 Å². The van der Waals surface area contributed by atoms with Gasteiger partial charge in [0, 0.05) is 37.3 Å². The lowest BCUT2D eigenvalue weighted by Crippen LogP contribution is -2.40. The molecular formula is C28H34N4O3. The van der Waals surface area contributed by atoms with E-state index in [1.807, 2.05) is 56.4 Å². The number of piperidine rings is 1. The normalized spacial score (nSPS) is 14.0. The number of carbonyl (C=O) groups excluding carboxylic acids is 1. The molecule has 0 radical (unpaired) electrons. The van der Waals surface area contributed by atoms with Crippen molar-refractivity contribution in [3.63, 3.8) is 0 Å². The molecule has 1 aromatic heterocycles. The highest BCUT2D eigenvalue weighted by atomic mass is 16.5. The number of amides is 1. The van der Waals surface area contributed by atoms with Gasteiger partial charge < -0.3 is 19.7 Å².